The third-order valence-electron chi connectivity index (χ3n) is 3.12. The zero-order valence-corrected chi connectivity index (χ0v) is 12.5. The summed E-state index contributed by atoms with van der Waals surface area (Å²) in [5.74, 6) is 0.0682. The number of anilines is 2. The second kappa shape index (κ2) is 7.10. The van der Waals surface area contributed by atoms with Crippen molar-refractivity contribution in [3.63, 3.8) is 0 Å². The highest BCUT2D eigenvalue weighted by molar-refractivity contribution is 6.05. The molecule has 3 rings (SSSR count). The van der Waals surface area contributed by atoms with Crippen molar-refractivity contribution in [2.24, 2.45) is 0 Å². The molecule has 0 aliphatic rings. The molecule has 0 radical (unpaired) electrons. The van der Waals surface area contributed by atoms with Crippen LogP contribution in [0.3, 0.4) is 0 Å². The van der Waals surface area contributed by atoms with E-state index >= 15 is 0 Å². The molecule has 0 aromatic carbocycles. The Balaban J connectivity index is 1.70. The maximum absolute atomic E-state index is 12.1. The van der Waals surface area contributed by atoms with Crippen LogP contribution < -0.4 is 10.6 Å². The Bertz CT molecular complexity index is 784. The molecule has 0 saturated heterocycles. The number of rotatable bonds is 4. The van der Waals surface area contributed by atoms with Gasteiger partial charge in [-0.15, -0.1) is 0 Å². The highest BCUT2D eigenvalue weighted by Crippen LogP contribution is 2.12. The van der Waals surface area contributed by atoms with E-state index in [0.29, 0.717) is 22.8 Å². The van der Waals surface area contributed by atoms with Crippen molar-refractivity contribution in [3.05, 3.63) is 78.4 Å². The SMILES string of the molecule is O=C(Nc1cccc(NC(=O)c2ccncc2)n1)c1ccncc1. The summed E-state index contributed by atoms with van der Waals surface area (Å²) in [5.41, 5.74) is 0.941. The Hall–Kier alpha value is -3.61. The van der Waals surface area contributed by atoms with Crippen molar-refractivity contribution in [2.45, 2.75) is 0 Å². The van der Waals surface area contributed by atoms with Gasteiger partial charge in [0.05, 0.1) is 0 Å². The van der Waals surface area contributed by atoms with E-state index < -0.39 is 0 Å². The quantitative estimate of drug-likeness (QED) is 0.769. The van der Waals surface area contributed by atoms with Crippen LogP contribution in [-0.4, -0.2) is 26.8 Å². The van der Waals surface area contributed by atoms with E-state index in [-0.39, 0.29) is 11.8 Å². The summed E-state index contributed by atoms with van der Waals surface area (Å²) in [4.78, 5) is 36.1. The van der Waals surface area contributed by atoms with Crippen LogP contribution >= 0.6 is 0 Å². The molecule has 118 valence electrons. The summed E-state index contributed by atoms with van der Waals surface area (Å²) >= 11 is 0. The Labute approximate surface area is 137 Å². The molecule has 2 amide bonds. The van der Waals surface area contributed by atoms with Crippen LogP contribution in [0.2, 0.25) is 0 Å². The van der Waals surface area contributed by atoms with Crippen LogP contribution in [0.25, 0.3) is 0 Å². The molecule has 3 aromatic heterocycles. The van der Waals surface area contributed by atoms with E-state index in [0.717, 1.165) is 0 Å². The van der Waals surface area contributed by atoms with Crippen LogP contribution in [0, 0.1) is 0 Å². The van der Waals surface area contributed by atoms with E-state index in [4.69, 9.17) is 0 Å². The standard InChI is InChI=1S/C17H13N5O2/c23-16(12-4-8-18-9-5-12)21-14-2-1-3-15(20-14)22-17(24)13-6-10-19-11-7-13/h1-11H,(H2,20,21,22,23,24). The number of carbonyl (C=O) groups excluding carboxylic acids is 2. The molecule has 24 heavy (non-hydrogen) atoms. The first-order valence-corrected chi connectivity index (χ1v) is 7.12. The number of carbonyl (C=O) groups is 2. The summed E-state index contributed by atoms with van der Waals surface area (Å²) in [7, 11) is 0. The van der Waals surface area contributed by atoms with Gasteiger partial charge >= 0.3 is 0 Å². The van der Waals surface area contributed by atoms with Crippen molar-refractivity contribution < 1.29 is 9.59 Å². The van der Waals surface area contributed by atoms with Crippen molar-refractivity contribution in [1.82, 2.24) is 15.0 Å². The summed E-state index contributed by atoms with van der Waals surface area (Å²) in [6, 6.07) is 11.4. The van der Waals surface area contributed by atoms with Crippen LogP contribution in [0.1, 0.15) is 20.7 Å². The Morgan fingerprint density at radius 3 is 1.50 bits per heavy atom. The van der Waals surface area contributed by atoms with E-state index in [1.165, 1.54) is 24.8 Å². The average molecular weight is 319 g/mol. The molecule has 0 unspecified atom stereocenters. The predicted octanol–water partition coefficient (Wildman–Crippen LogP) is 2.38. The van der Waals surface area contributed by atoms with Gasteiger partial charge in [0, 0.05) is 35.9 Å². The van der Waals surface area contributed by atoms with E-state index in [9.17, 15) is 9.59 Å². The first kappa shape index (κ1) is 15.3. The summed E-state index contributed by atoms with van der Waals surface area (Å²) in [6.07, 6.45) is 6.14. The van der Waals surface area contributed by atoms with Gasteiger partial charge in [0.1, 0.15) is 11.6 Å². The van der Waals surface area contributed by atoms with Gasteiger partial charge in [-0.2, -0.15) is 0 Å². The highest BCUT2D eigenvalue weighted by Gasteiger charge is 2.09. The summed E-state index contributed by atoms with van der Waals surface area (Å²) in [6.45, 7) is 0. The number of nitrogens with one attached hydrogen (secondary N) is 2. The molecule has 0 fully saturated rings. The molecular weight excluding hydrogens is 306 g/mol. The fourth-order valence-electron chi connectivity index (χ4n) is 1.96. The number of aromatic nitrogens is 3. The summed E-state index contributed by atoms with van der Waals surface area (Å²) in [5, 5.41) is 5.34. The topological polar surface area (TPSA) is 96.9 Å². The van der Waals surface area contributed by atoms with Crippen LogP contribution in [0.4, 0.5) is 11.6 Å². The van der Waals surface area contributed by atoms with E-state index in [2.05, 4.69) is 25.6 Å². The second-order valence-corrected chi connectivity index (χ2v) is 4.79. The maximum Gasteiger partial charge on any atom is 0.256 e. The zero-order valence-electron chi connectivity index (χ0n) is 12.5. The number of hydrogen-bond donors (Lipinski definition) is 2. The van der Waals surface area contributed by atoms with Gasteiger partial charge in [-0.25, -0.2) is 4.98 Å². The molecule has 0 atom stereocenters. The van der Waals surface area contributed by atoms with Crippen LogP contribution in [-0.2, 0) is 0 Å². The van der Waals surface area contributed by atoms with Gasteiger partial charge in [0.2, 0.25) is 0 Å². The minimum absolute atomic E-state index is 0.303. The zero-order chi connectivity index (χ0) is 16.8. The molecule has 7 nitrogen and oxygen atoms in total. The second-order valence-electron chi connectivity index (χ2n) is 4.79. The smallest absolute Gasteiger partial charge is 0.256 e. The Morgan fingerprint density at radius 2 is 1.08 bits per heavy atom. The molecule has 0 spiro atoms. The number of pyridine rings is 3. The first-order valence-electron chi connectivity index (χ1n) is 7.12. The highest BCUT2D eigenvalue weighted by atomic mass is 16.2. The number of hydrogen-bond acceptors (Lipinski definition) is 5. The fourth-order valence-corrected chi connectivity index (χ4v) is 1.96. The third kappa shape index (κ3) is 3.77. The van der Waals surface area contributed by atoms with E-state index in [1.807, 2.05) is 0 Å². The third-order valence-corrected chi connectivity index (χ3v) is 3.12. The van der Waals surface area contributed by atoms with Gasteiger partial charge in [0.15, 0.2) is 0 Å². The summed E-state index contributed by atoms with van der Waals surface area (Å²) < 4.78 is 0. The molecule has 0 aliphatic carbocycles. The minimum atomic E-state index is -0.303. The van der Waals surface area contributed by atoms with Crippen LogP contribution in [0.15, 0.2) is 67.3 Å². The van der Waals surface area contributed by atoms with Gasteiger partial charge in [-0.1, -0.05) is 6.07 Å². The van der Waals surface area contributed by atoms with Gasteiger partial charge in [0.25, 0.3) is 11.8 Å². The van der Waals surface area contributed by atoms with Crippen molar-refractivity contribution in [2.75, 3.05) is 10.6 Å². The maximum atomic E-state index is 12.1. The molecule has 3 aromatic rings. The Morgan fingerprint density at radius 1 is 0.667 bits per heavy atom. The normalized spacial score (nSPS) is 10.0. The number of nitrogens with zero attached hydrogens (tertiary/aromatic N) is 3. The molecule has 0 bridgehead atoms. The largest absolute Gasteiger partial charge is 0.306 e. The average Bonchev–Trinajstić information content (AvgIpc) is 2.63. The van der Waals surface area contributed by atoms with Crippen molar-refractivity contribution >= 4 is 23.5 Å². The first-order chi connectivity index (χ1) is 11.7. The van der Waals surface area contributed by atoms with Gasteiger partial charge in [-0.3, -0.25) is 19.6 Å². The predicted molar refractivity (Wildman–Crippen MR) is 88.6 cm³/mol. The lowest BCUT2D eigenvalue weighted by molar-refractivity contribution is 0.101. The lowest BCUT2D eigenvalue weighted by Gasteiger charge is -2.08. The van der Waals surface area contributed by atoms with Crippen LogP contribution in [0.5, 0.6) is 0 Å². The fraction of sp³-hybridized carbons (Fsp3) is 0. The van der Waals surface area contributed by atoms with Gasteiger partial charge < -0.3 is 10.6 Å². The molecule has 3 heterocycles. The molecule has 2 N–H and O–H groups in total. The minimum Gasteiger partial charge on any atom is -0.306 e. The molecule has 7 heteroatoms. The monoisotopic (exact) mass is 319 g/mol. The van der Waals surface area contributed by atoms with Crippen molar-refractivity contribution in [3.8, 4) is 0 Å². The number of amides is 2. The van der Waals surface area contributed by atoms with Crippen molar-refractivity contribution in [1.29, 1.82) is 0 Å². The molecule has 0 saturated carbocycles. The van der Waals surface area contributed by atoms with E-state index in [1.54, 1.807) is 42.5 Å². The molecular formula is C17H13N5O2. The Kier molecular flexibility index (Phi) is 4.52. The molecule has 0 aliphatic heterocycles. The lowest BCUT2D eigenvalue weighted by Crippen LogP contribution is -2.15. The van der Waals surface area contributed by atoms with Gasteiger partial charge in [-0.05, 0) is 36.4 Å². The lowest BCUT2D eigenvalue weighted by atomic mass is 10.2.